The molecule has 0 unspecified atom stereocenters. The summed E-state index contributed by atoms with van der Waals surface area (Å²) in [4.78, 5) is 13.0. The Balaban J connectivity index is 1.71. The zero-order chi connectivity index (χ0) is 23.2. The summed E-state index contributed by atoms with van der Waals surface area (Å²) in [5, 5.41) is 7.54. The molecule has 1 saturated carbocycles. The lowest BCUT2D eigenvalue weighted by molar-refractivity contribution is 0.213. The van der Waals surface area contributed by atoms with Crippen molar-refractivity contribution in [3.05, 3.63) is 70.2 Å². The van der Waals surface area contributed by atoms with Gasteiger partial charge in [0.05, 0.1) is 11.8 Å². The predicted octanol–water partition coefficient (Wildman–Crippen LogP) is 8.06. The van der Waals surface area contributed by atoms with Gasteiger partial charge in [0.25, 0.3) is 0 Å². The Bertz CT molecular complexity index is 837. The molecule has 2 aromatic carbocycles. The summed E-state index contributed by atoms with van der Waals surface area (Å²) in [6.07, 6.45) is 17.6. The highest BCUT2D eigenvalue weighted by Gasteiger charge is 2.33. The van der Waals surface area contributed by atoms with Crippen molar-refractivity contribution in [1.82, 2.24) is 10.7 Å². The van der Waals surface area contributed by atoms with Gasteiger partial charge in [-0.2, -0.15) is 5.10 Å². The Labute approximate surface area is 207 Å². The SMILES string of the molecule is O=C(N/N=C/c1ccc(Br)cc1)NC1(c2ccccc2)CCCCCCCCCCCCC1. The van der Waals surface area contributed by atoms with Gasteiger partial charge in [-0.3, -0.25) is 0 Å². The lowest BCUT2D eigenvalue weighted by Gasteiger charge is -2.36. The van der Waals surface area contributed by atoms with Gasteiger partial charge >= 0.3 is 6.03 Å². The van der Waals surface area contributed by atoms with E-state index in [1.165, 1.54) is 63.4 Å². The van der Waals surface area contributed by atoms with Crippen LogP contribution in [0.1, 0.15) is 94.6 Å². The van der Waals surface area contributed by atoms with Crippen molar-refractivity contribution >= 4 is 28.2 Å². The van der Waals surface area contributed by atoms with E-state index in [-0.39, 0.29) is 11.6 Å². The number of urea groups is 1. The fourth-order valence-corrected chi connectivity index (χ4v) is 5.04. The predicted molar refractivity (Wildman–Crippen MR) is 142 cm³/mol. The van der Waals surface area contributed by atoms with E-state index in [4.69, 9.17) is 0 Å². The molecule has 0 bridgehead atoms. The fourth-order valence-electron chi connectivity index (χ4n) is 4.77. The summed E-state index contributed by atoms with van der Waals surface area (Å²) in [6.45, 7) is 0. The number of amides is 2. The van der Waals surface area contributed by atoms with Crippen molar-refractivity contribution in [2.24, 2.45) is 5.10 Å². The maximum Gasteiger partial charge on any atom is 0.335 e. The van der Waals surface area contributed by atoms with Crippen molar-refractivity contribution < 1.29 is 4.79 Å². The molecule has 4 nitrogen and oxygen atoms in total. The fraction of sp³-hybridized carbons (Fsp3) is 0.500. The van der Waals surface area contributed by atoms with Crippen LogP contribution in [0.4, 0.5) is 4.79 Å². The van der Waals surface area contributed by atoms with Crippen LogP contribution in [0.2, 0.25) is 0 Å². The maximum atomic E-state index is 13.0. The number of nitrogens with zero attached hydrogens (tertiary/aromatic N) is 1. The molecule has 1 aliphatic carbocycles. The van der Waals surface area contributed by atoms with Crippen LogP contribution in [-0.4, -0.2) is 12.2 Å². The first-order valence-electron chi connectivity index (χ1n) is 12.6. The van der Waals surface area contributed by atoms with Gasteiger partial charge in [-0.05, 0) is 36.1 Å². The molecule has 0 saturated heterocycles. The smallest absolute Gasteiger partial charge is 0.327 e. The highest BCUT2D eigenvalue weighted by Crippen LogP contribution is 2.34. The molecular formula is C28H38BrN3O. The standard InChI is InChI=1S/C28H38BrN3O/c29-26-19-17-24(18-20-26)23-30-32-27(33)31-28(25-15-11-10-12-16-25)21-13-8-6-4-2-1-3-5-7-9-14-22-28/h10-12,15-20,23H,1-9,13-14,21-22H2,(H2,31,32,33)/b30-23+. The molecule has 5 heteroatoms. The highest BCUT2D eigenvalue weighted by atomic mass is 79.9. The quantitative estimate of drug-likeness (QED) is 0.316. The van der Waals surface area contributed by atoms with E-state index < -0.39 is 0 Å². The van der Waals surface area contributed by atoms with Gasteiger partial charge in [-0.1, -0.05) is 129 Å². The highest BCUT2D eigenvalue weighted by molar-refractivity contribution is 9.10. The Hall–Kier alpha value is -2.14. The number of hydrogen-bond acceptors (Lipinski definition) is 2. The van der Waals surface area contributed by atoms with Crippen molar-refractivity contribution in [1.29, 1.82) is 0 Å². The van der Waals surface area contributed by atoms with Gasteiger partial charge < -0.3 is 5.32 Å². The number of rotatable bonds is 4. The van der Waals surface area contributed by atoms with Gasteiger partial charge in [0.15, 0.2) is 0 Å². The van der Waals surface area contributed by atoms with E-state index in [1.54, 1.807) is 6.21 Å². The molecule has 1 aliphatic rings. The van der Waals surface area contributed by atoms with Crippen molar-refractivity contribution in [3.63, 3.8) is 0 Å². The van der Waals surface area contributed by atoms with Crippen LogP contribution in [0, 0.1) is 0 Å². The molecule has 1 fully saturated rings. The molecule has 3 rings (SSSR count). The second-order valence-electron chi connectivity index (χ2n) is 9.21. The molecule has 178 valence electrons. The average molecular weight is 513 g/mol. The molecule has 2 aromatic rings. The summed E-state index contributed by atoms with van der Waals surface area (Å²) in [7, 11) is 0. The Morgan fingerprint density at radius 2 is 1.27 bits per heavy atom. The summed E-state index contributed by atoms with van der Waals surface area (Å²) in [5.41, 5.74) is 4.48. The summed E-state index contributed by atoms with van der Waals surface area (Å²) >= 11 is 3.44. The molecule has 0 spiro atoms. The van der Waals surface area contributed by atoms with Crippen LogP contribution in [0.3, 0.4) is 0 Å². The third-order valence-corrected chi connectivity index (χ3v) is 7.16. The Morgan fingerprint density at radius 3 is 1.82 bits per heavy atom. The van der Waals surface area contributed by atoms with Gasteiger partial charge in [-0.15, -0.1) is 0 Å². The van der Waals surface area contributed by atoms with Gasteiger partial charge in [0, 0.05) is 4.47 Å². The van der Waals surface area contributed by atoms with E-state index >= 15 is 0 Å². The number of hydrogen-bond donors (Lipinski definition) is 2. The average Bonchev–Trinajstić information content (AvgIpc) is 2.83. The summed E-state index contributed by atoms with van der Waals surface area (Å²) < 4.78 is 1.02. The molecule has 0 radical (unpaired) electrons. The first kappa shape index (κ1) is 25.5. The van der Waals surface area contributed by atoms with Crippen LogP contribution < -0.4 is 10.7 Å². The molecule has 0 atom stereocenters. The van der Waals surface area contributed by atoms with Crippen LogP contribution in [0.25, 0.3) is 0 Å². The van der Waals surface area contributed by atoms with Gasteiger partial charge in [0.2, 0.25) is 0 Å². The minimum atomic E-state index is -0.359. The molecule has 0 aliphatic heterocycles. The first-order valence-corrected chi connectivity index (χ1v) is 13.4. The zero-order valence-corrected chi connectivity index (χ0v) is 21.3. The molecule has 0 heterocycles. The van der Waals surface area contributed by atoms with E-state index in [1.807, 2.05) is 30.3 Å². The van der Waals surface area contributed by atoms with Crippen molar-refractivity contribution in [3.8, 4) is 0 Å². The monoisotopic (exact) mass is 511 g/mol. The molecule has 33 heavy (non-hydrogen) atoms. The number of carbonyl (C=O) groups excluding carboxylic acids is 1. The summed E-state index contributed by atoms with van der Waals surface area (Å²) in [6, 6.07) is 18.1. The van der Waals surface area contributed by atoms with Gasteiger partial charge in [-0.25, -0.2) is 10.2 Å². The minimum absolute atomic E-state index is 0.242. The first-order chi connectivity index (χ1) is 16.2. The second-order valence-corrected chi connectivity index (χ2v) is 10.1. The van der Waals surface area contributed by atoms with Crippen LogP contribution in [0.15, 0.2) is 64.2 Å². The third kappa shape index (κ3) is 8.96. The topological polar surface area (TPSA) is 53.5 Å². The van der Waals surface area contributed by atoms with E-state index in [0.29, 0.717) is 0 Å². The molecule has 2 N–H and O–H groups in total. The van der Waals surface area contributed by atoms with Crippen LogP contribution in [0.5, 0.6) is 0 Å². The number of carbonyl (C=O) groups is 1. The third-order valence-electron chi connectivity index (χ3n) is 6.64. The number of hydrazone groups is 1. The zero-order valence-electron chi connectivity index (χ0n) is 19.7. The van der Waals surface area contributed by atoms with Crippen LogP contribution in [-0.2, 0) is 5.54 Å². The second kappa shape index (κ2) is 14.2. The lowest BCUT2D eigenvalue weighted by atomic mass is 9.80. The number of nitrogens with one attached hydrogen (secondary N) is 2. The number of benzene rings is 2. The Morgan fingerprint density at radius 1 is 0.758 bits per heavy atom. The molecule has 2 amide bonds. The molecule has 0 aromatic heterocycles. The normalized spacial score (nSPS) is 18.3. The number of halogens is 1. The van der Waals surface area contributed by atoms with Crippen molar-refractivity contribution in [2.75, 3.05) is 0 Å². The van der Waals surface area contributed by atoms with Crippen LogP contribution >= 0.6 is 15.9 Å². The molecular weight excluding hydrogens is 474 g/mol. The van der Waals surface area contributed by atoms with Crippen molar-refractivity contribution in [2.45, 2.75) is 89.0 Å². The maximum absolute atomic E-state index is 13.0. The van der Waals surface area contributed by atoms with E-state index in [9.17, 15) is 4.79 Å². The lowest BCUT2D eigenvalue weighted by Crippen LogP contribution is -2.49. The minimum Gasteiger partial charge on any atom is -0.327 e. The van der Waals surface area contributed by atoms with E-state index in [0.717, 1.165) is 35.7 Å². The largest absolute Gasteiger partial charge is 0.335 e. The summed E-state index contributed by atoms with van der Waals surface area (Å²) in [5.74, 6) is 0. The van der Waals surface area contributed by atoms with Gasteiger partial charge in [0.1, 0.15) is 0 Å². The van der Waals surface area contributed by atoms with E-state index in [2.05, 4.69) is 56.0 Å². The Kier molecular flexibility index (Phi) is 11.0.